The molecule has 2 aliphatic heterocycles. The van der Waals surface area contributed by atoms with Gasteiger partial charge >= 0.3 is 5.97 Å². The summed E-state index contributed by atoms with van der Waals surface area (Å²) in [7, 11) is 3.32. The van der Waals surface area contributed by atoms with Gasteiger partial charge < -0.3 is 19.3 Å². The van der Waals surface area contributed by atoms with Gasteiger partial charge in [-0.25, -0.2) is 0 Å². The van der Waals surface area contributed by atoms with Crippen LogP contribution >= 0.6 is 0 Å². The van der Waals surface area contributed by atoms with Gasteiger partial charge in [-0.3, -0.25) is 9.69 Å². The van der Waals surface area contributed by atoms with Crippen LogP contribution in [-0.4, -0.2) is 55.5 Å². The van der Waals surface area contributed by atoms with Crippen LogP contribution in [0.15, 0.2) is 23.8 Å². The lowest BCUT2D eigenvalue weighted by atomic mass is 9.55. The van der Waals surface area contributed by atoms with Crippen LogP contribution in [-0.2, 0) is 16.0 Å². The Balaban J connectivity index is 1.40. The zero-order chi connectivity index (χ0) is 23.5. The number of hydrogen-bond acceptors (Lipinski definition) is 6. The van der Waals surface area contributed by atoms with E-state index in [2.05, 4.69) is 43.9 Å². The molecule has 180 valence electrons. The van der Waals surface area contributed by atoms with Crippen LogP contribution in [0.3, 0.4) is 0 Å². The Morgan fingerprint density at radius 3 is 2.67 bits per heavy atom. The third-order valence-corrected chi connectivity index (χ3v) is 9.31. The fraction of sp³-hybridized carbons (Fsp3) is 0.667. The van der Waals surface area contributed by atoms with E-state index >= 15 is 0 Å². The van der Waals surface area contributed by atoms with Crippen molar-refractivity contribution in [2.45, 2.75) is 64.7 Å². The average molecular weight is 456 g/mol. The van der Waals surface area contributed by atoms with Crippen LogP contribution in [0.2, 0.25) is 0 Å². The minimum Gasteiger partial charge on any atom is -0.493 e. The number of aliphatic hydroxyl groups is 1. The van der Waals surface area contributed by atoms with E-state index in [0.29, 0.717) is 12.5 Å². The number of rotatable bonds is 4. The van der Waals surface area contributed by atoms with Gasteiger partial charge in [-0.15, -0.1) is 0 Å². The molecular formula is C27H37NO5. The molecule has 0 spiro atoms. The molecule has 4 aliphatic rings. The molecule has 6 nitrogen and oxygen atoms in total. The van der Waals surface area contributed by atoms with E-state index in [1.165, 1.54) is 16.7 Å². The van der Waals surface area contributed by atoms with Crippen LogP contribution in [0.5, 0.6) is 11.5 Å². The van der Waals surface area contributed by atoms with E-state index in [1.807, 2.05) is 0 Å². The predicted octanol–water partition coefficient (Wildman–Crippen LogP) is 3.91. The molecule has 0 aromatic heterocycles. The van der Waals surface area contributed by atoms with Gasteiger partial charge in [0.2, 0.25) is 0 Å². The van der Waals surface area contributed by atoms with Crippen LogP contribution < -0.4 is 9.47 Å². The summed E-state index contributed by atoms with van der Waals surface area (Å²) in [4.78, 5) is 15.4. The number of fused-ring (bicyclic) bond motifs is 3. The lowest BCUT2D eigenvalue weighted by Crippen LogP contribution is -2.55. The third kappa shape index (κ3) is 3.40. The van der Waals surface area contributed by atoms with Crippen molar-refractivity contribution in [2.24, 2.45) is 23.2 Å². The van der Waals surface area contributed by atoms with Crippen molar-refractivity contribution < 1.29 is 24.1 Å². The molecule has 2 heterocycles. The molecule has 6 heteroatoms. The number of benzene rings is 1. The van der Waals surface area contributed by atoms with Gasteiger partial charge in [0.05, 0.1) is 26.2 Å². The largest absolute Gasteiger partial charge is 0.493 e. The zero-order valence-electron chi connectivity index (χ0n) is 20.5. The topological polar surface area (TPSA) is 68.2 Å². The minimum atomic E-state index is -0.564. The first kappa shape index (κ1) is 22.7. The van der Waals surface area contributed by atoms with E-state index in [4.69, 9.17) is 14.2 Å². The van der Waals surface area contributed by atoms with Crippen molar-refractivity contribution in [1.82, 2.24) is 4.90 Å². The van der Waals surface area contributed by atoms with Gasteiger partial charge in [-0.05, 0) is 55.4 Å². The number of hydrogen-bond donors (Lipinski definition) is 1. The quantitative estimate of drug-likeness (QED) is 0.549. The Labute approximate surface area is 196 Å². The summed E-state index contributed by atoms with van der Waals surface area (Å²) in [6.07, 6.45) is 5.29. The maximum atomic E-state index is 13.1. The Morgan fingerprint density at radius 2 is 1.94 bits per heavy atom. The highest BCUT2D eigenvalue weighted by atomic mass is 16.6. The van der Waals surface area contributed by atoms with Gasteiger partial charge in [-0.1, -0.05) is 25.5 Å². The monoisotopic (exact) mass is 455 g/mol. The smallest absolute Gasteiger partial charge is 0.311 e. The van der Waals surface area contributed by atoms with Gasteiger partial charge in [0, 0.05) is 36.9 Å². The van der Waals surface area contributed by atoms with Gasteiger partial charge in [0.25, 0.3) is 0 Å². The van der Waals surface area contributed by atoms with E-state index in [1.54, 1.807) is 14.2 Å². The van der Waals surface area contributed by atoms with Gasteiger partial charge in [-0.2, -0.15) is 0 Å². The Kier molecular flexibility index (Phi) is 5.73. The van der Waals surface area contributed by atoms with E-state index in [-0.39, 0.29) is 35.4 Å². The number of carbonyl (C=O) groups excluding carboxylic acids is 1. The maximum Gasteiger partial charge on any atom is 0.311 e. The van der Waals surface area contributed by atoms with E-state index < -0.39 is 6.10 Å². The molecule has 2 aliphatic carbocycles. The number of carbonyl (C=O) groups is 1. The van der Waals surface area contributed by atoms with E-state index in [9.17, 15) is 9.90 Å². The highest BCUT2D eigenvalue weighted by Gasteiger charge is 2.60. The van der Waals surface area contributed by atoms with Crippen LogP contribution in [0.25, 0.3) is 0 Å². The highest BCUT2D eigenvalue weighted by Crippen LogP contribution is 2.56. The summed E-state index contributed by atoms with van der Waals surface area (Å²) in [5.41, 5.74) is 3.49. The molecule has 7 atom stereocenters. The number of ether oxygens (including phenoxy) is 3. The molecule has 1 saturated carbocycles. The van der Waals surface area contributed by atoms with Crippen LogP contribution in [0, 0.1) is 23.2 Å². The standard InChI is InChI=1S/C27H37NO5/c1-15-7-6-8-18-12-23-24(25(29)27(15,18)3)20(26(30)33-23)14-28-10-9-17-11-21(31-4)22(32-5)13-19(17)16(28)2/h8,11,13,15-16,20,23-25,29H,6-7,9-10,12,14H2,1-5H3/t15-,16-,20?,23+,24+,25-,27+/m0/s1. The fourth-order valence-corrected chi connectivity index (χ4v) is 6.97. The summed E-state index contributed by atoms with van der Waals surface area (Å²) < 4.78 is 16.9. The van der Waals surface area contributed by atoms with Crippen molar-refractivity contribution in [2.75, 3.05) is 27.3 Å². The van der Waals surface area contributed by atoms with Crippen molar-refractivity contribution >= 4 is 5.97 Å². The van der Waals surface area contributed by atoms with Crippen molar-refractivity contribution in [3.05, 3.63) is 34.9 Å². The number of allylic oxidation sites excluding steroid dienone is 1. The lowest BCUT2D eigenvalue weighted by Gasteiger charge is -2.52. The summed E-state index contributed by atoms with van der Waals surface area (Å²) in [6, 6.07) is 4.28. The molecule has 1 unspecified atom stereocenters. The number of methoxy groups -OCH3 is 2. The predicted molar refractivity (Wildman–Crippen MR) is 125 cm³/mol. The normalized spacial score (nSPS) is 38.0. The molecule has 1 aromatic carbocycles. The Hall–Kier alpha value is -2.05. The van der Waals surface area contributed by atoms with Gasteiger partial charge in [0.15, 0.2) is 11.5 Å². The van der Waals surface area contributed by atoms with Crippen molar-refractivity contribution in [3.8, 4) is 11.5 Å². The molecule has 1 aromatic rings. The Morgan fingerprint density at radius 1 is 1.21 bits per heavy atom. The summed E-state index contributed by atoms with van der Waals surface area (Å²) in [6.45, 7) is 8.09. The second-order valence-corrected chi connectivity index (χ2v) is 10.6. The van der Waals surface area contributed by atoms with Crippen molar-refractivity contribution in [3.63, 3.8) is 0 Å². The number of nitrogens with zero attached hydrogens (tertiary/aromatic N) is 1. The molecule has 33 heavy (non-hydrogen) atoms. The molecule has 1 saturated heterocycles. The molecule has 2 fully saturated rings. The molecule has 0 bridgehead atoms. The molecule has 5 rings (SSSR count). The first-order valence-electron chi connectivity index (χ1n) is 12.4. The molecular weight excluding hydrogens is 418 g/mol. The lowest BCUT2D eigenvalue weighted by molar-refractivity contribution is -0.145. The molecule has 0 radical (unpaired) electrons. The van der Waals surface area contributed by atoms with E-state index in [0.717, 1.165) is 43.7 Å². The maximum absolute atomic E-state index is 13.1. The fourth-order valence-electron chi connectivity index (χ4n) is 6.97. The first-order valence-corrected chi connectivity index (χ1v) is 12.4. The molecule has 1 N–H and O–H groups in total. The highest BCUT2D eigenvalue weighted by molar-refractivity contribution is 5.76. The first-order chi connectivity index (χ1) is 15.8. The summed E-state index contributed by atoms with van der Waals surface area (Å²) in [5, 5.41) is 11.6. The van der Waals surface area contributed by atoms with Crippen molar-refractivity contribution in [1.29, 1.82) is 0 Å². The van der Waals surface area contributed by atoms with Crippen LogP contribution in [0.4, 0.5) is 0 Å². The summed E-state index contributed by atoms with van der Waals surface area (Å²) >= 11 is 0. The summed E-state index contributed by atoms with van der Waals surface area (Å²) in [5.74, 6) is 1.27. The third-order valence-electron chi connectivity index (χ3n) is 9.31. The number of esters is 1. The van der Waals surface area contributed by atoms with Gasteiger partial charge in [0.1, 0.15) is 6.10 Å². The average Bonchev–Trinajstić information content (AvgIpc) is 3.11. The second kappa shape index (κ2) is 8.31. The zero-order valence-corrected chi connectivity index (χ0v) is 20.5. The Bertz CT molecular complexity index is 974. The van der Waals surface area contributed by atoms with Crippen LogP contribution in [0.1, 0.15) is 57.2 Å². The molecule has 0 amide bonds. The minimum absolute atomic E-state index is 0.140. The SMILES string of the molecule is COc1cc2c(cc1OC)[C@H](C)N(CC1C(=O)O[C@@H]3CC4=CCC[C@H](C)[C@@]4(C)[C@@H](O)[C@H]13)CC2. The second-order valence-electron chi connectivity index (χ2n) is 10.6. The number of aliphatic hydroxyl groups excluding tert-OH is 1.